The van der Waals surface area contributed by atoms with Gasteiger partial charge in [-0.2, -0.15) is 0 Å². The molecule has 0 saturated carbocycles. The summed E-state index contributed by atoms with van der Waals surface area (Å²) >= 11 is 6.44. The van der Waals surface area contributed by atoms with Crippen LogP contribution in [0.5, 0.6) is 0 Å². The molecule has 100 valence electrons. The third-order valence-corrected chi connectivity index (χ3v) is 4.05. The minimum absolute atomic E-state index is 0.300. The van der Waals surface area contributed by atoms with Gasteiger partial charge in [-0.3, -0.25) is 0 Å². The molecule has 0 aliphatic heterocycles. The van der Waals surface area contributed by atoms with Gasteiger partial charge in [0.15, 0.2) is 0 Å². The number of benzene rings is 2. The summed E-state index contributed by atoms with van der Waals surface area (Å²) < 4.78 is 0. The summed E-state index contributed by atoms with van der Waals surface area (Å²) in [7, 11) is 1.98. The van der Waals surface area contributed by atoms with E-state index in [-0.39, 0.29) is 0 Å². The summed E-state index contributed by atoms with van der Waals surface area (Å²) in [6.45, 7) is 6.38. The van der Waals surface area contributed by atoms with E-state index in [2.05, 4.69) is 56.4 Å². The molecule has 0 heterocycles. The van der Waals surface area contributed by atoms with Crippen LogP contribution in [0.1, 0.15) is 29.7 Å². The van der Waals surface area contributed by atoms with Gasteiger partial charge >= 0.3 is 0 Å². The maximum Gasteiger partial charge on any atom is 0.0487 e. The van der Waals surface area contributed by atoms with E-state index in [1.165, 1.54) is 22.3 Å². The predicted octanol–water partition coefficient (Wildman–Crippen LogP) is 4.90. The molecule has 0 spiro atoms. The van der Waals surface area contributed by atoms with Gasteiger partial charge in [0, 0.05) is 16.6 Å². The lowest BCUT2D eigenvalue weighted by molar-refractivity contribution is 0.654. The van der Waals surface area contributed by atoms with Crippen molar-refractivity contribution in [2.24, 2.45) is 0 Å². The van der Waals surface area contributed by atoms with Gasteiger partial charge in [0.25, 0.3) is 0 Å². The Morgan fingerprint density at radius 3 is 2.32 bits per heavy atom. The highest BCUT2D eigenvalue weighted by molar-refractivity contribution is 6.33. The first-order chi connectivity index (χ1) is 9.04. The molecule has 2 heteroatoms. The molecule has 1 nitrogen and oxygen atoms in total. The SMILES string of the molecule is CNC(C)c1ccccc1-c1cc(C)c(C)cc1Cl. The zero-order valence-electron chi connectivity index (χ0n) is 11.9. The van der Waals surface area contributed by atoms with Gasteiger partial charge in [-0.1, -0.05) is 35.9 Å². The molecule has 1 N–H and O–H groups in total. The van der Waals surface area contributed by atoms with E-state index in [1.54, 1.807) is 0 Å². The fraction of sp³-hybridized carbons (Fsp3) is 0.294. The molecule has 1 unspecified atom stereocenters. The van der Waals surface area contributed by atoms with Gasteiger partial charge in [-0.05, 0) is 62.2 Å². The Bertz CT molecular complexity index is 590. The Hall–Kier alpha value is -1.31. The monoisotopic (exact) mass is 273 g/mol. The van der Waals surface area contributed by atoms with Gasteiger partial charge in [0.05, 0.1) is 0 Å². The summed E-state index contributed by atoms with van der Waals surface area (Å²) in [6, 6.07) is 13.0. The summed E-state index contributed by atoms with van der Waals surface area (Å²) in [6.07, 6.45) is 0. The first kappa shape index (κ1) is 14.1. The average molecular weight is 274 g/mol. The summed E-state index contributed by atoms with van der Waals surface area (Å²) in [5.74, 6) is 0. The highest BCUT2D eigenvalue weighted by Gasteiger charge is 2.13. The zero-order chi connectivity index (χ0) is 14.0. The van der Waals surface area contributed by atoms with Gasteiger partial charge < -0.3 is 5.32 Å². The minimum atomic E-state index is 0.300. The first-order valence-electron chi connectivity index (χ1n) is 6.58. The van der Waals surface area contributed by atoms with Crippen molar-refractivity contribution in [2.45, 2.75) is 26.8 Å². The van der Waals surface area contributed by atoms with E-state index in [0.717, 1.165) is 10.6 Å². The normalized spacial score (nSPS) is 12.5. The smallest absolute Gasteiger partial charge is 0.0487 e. The van der Waals surface area contributed by atoms with E-state index >= 15 is 0 Å². The first-order valence-corrected chi connectivity index (χ1v) is 6.95. The molecule has 0 aromatic heterocycles. The second-order valence-electron chi connectivity index (χ2n) is 5.01. The average Bonchev–Trinajstić information content (AvgIpc) is 2.42. The third-order valence-electron chi connectivity index (χ3n) is 3.73. The maximum atomic E-state index is 6.44. The second-order valence-corrected chi connectivity index (χ2v) is 5.42. The van der Waals surface area contributed by atoms with E-state index in [4.69, 9.17) is 11.6 Å². The van der Waals surface area contributed by atoms with Gasteiger partial charge in [0.2, 0.25) is 0 Å². The molecule has 0 bridgehead atoms. The van der Waals surface area contributed by atoms with Crippen LogP contribution in [-0.2, 0) is 0 Å². The number of aryl methyl sites for hydroxylation is 2. The Balaban J connectivity index is 2.62. The zero-order valence-corrected chi connectivity index (χ0v) is 12.7. The van der Waals surface area contributed by atoms with Crippen molar-refractivity contribution in [3.63, 3.8) is 0 Å². The number of rotatable bonds is 3. The highest BCUT2D eigenvalue weighted by Crippen LogP contribution is 2.34. The fourth-order valence-electron chi connectivity index (χ4n) is 2.26. The predicted molar refractivity (Wildman–Crippen MR) is 83.8 cm³/mol. The summed E-state index contributed by atoms with van der Waals surface area (Å²) in [5, 5.41) is 4.11. The van der Waals surface area contributed by atoms with Crippen LogP contribution < -0.4 is 5.32 Å². The summed E-state index contributed by atoms with van der Waals surface area (Å²) in [4.78, 5) is 0. The number of halogens is 1. The highest BCUT2D eigenvalue weighted by atomic mass is 35.5. The molecule has 0 amide bonds. The Labute approximate surface area is 120 Å². The molecule has 0 aliphatic rings. The van der Waals surface area contributed by atoms with Gasteiger partial charge in [-0.15, -0.1) is 0 Å². The standard InChI is InChI=1S/C17H20ClN/c1-11-9-16(17(18)10-12(11)2)15-8-6-5-7-14(15)13(3)19-4/h5-10,13,19H,1-4H3. The number of hydrogen-bond acceptors (Lipinski definition) is 1. The van der Waals surface area contributed by atoms with Crippen molar-refractivity contribution in [3.05, 3.63) is 58.1 Å². The van der Waals surface area contributed by atoms with Crippen LogP contribution in [0.25, 0.3) is 11.1 Å². The molecular weight excluding hydrogens is 254 g/mol. The van der Waals surface area contributed by atoms with Crippen molar-refractivity contribution in [2.75, 3.05) is 7.05 Å². The quantitative estimate of drug-likeness (QED) is 0.838. The van der Waals surface area contributed by atoms with Crippen molar-refractivity contribution in [1.29, 1.82) is 0 Å². The van der Waals surface area contributed by atoms with Crippen LogP contribution in [0, 0.1) is 13.8 Å². The Morgan fingerprint density at radius 2 is 1.63 bits per heavy atom. The molecule has 1 atom stereocenters. The lowest BCUT2D eigenvalue weighted by Crippen LogP contribution is -2.13. The van der Waals surface area contributed by atoms with Crippen LogP contribution in [0.15, 0.2) is 36.4 Å². The largest absolute Gasteiger partial charge is 0.313 e. The number of hydrogen-bond donors (Lipinski definition) is 1. The molecule has 0 fully saturated rings. The van der Waals surface area contributed by atoms with Crippen LogP contribution in [0.2, 0.25) is 5.02 Å². The second kappa shape index (κ2) is 5.77. The fourth-order valence-corrected chi connectivity index (χ4v) is 2.58. The van der Waals surface area contributed by atoms with Crippen LogP contribution in [0.4, 0.5) is 0 Å². The molecule has 0 saturated heterocycles. The lowest BCUT2D eigenvalue weighted by atomic mass is 9.93. The minimum Gasteiger partial charge on any atom is -0.313 e. The van der Waals surface area contributed by atoms with E-state index < -0.39 is 0 Å². The van der Waals surface area contributed by atoms with Crippen LogP contribution in [0.3, 0.4) is 0 Å². The van der Waals surface area contributed by atoms with Crippen LogP contribution in [-0.4, -0.2) is 7.05 Å². The van der Waals surface area contributed by atoms with Crippen molar-refractivity contribution in [1.82, 2.24) is 5.32 Å². The van der Waals surface area contributed by atoms with Crippen molar-refractivity contribution in [3.8, 4) is 11.1 Å². The summed E-state index contributed by atoms with van der Waals surface area (Å²) in [5.41, 5.74) is 6.09. The lowest BCUT2D eigenvalue weighted by Gasteiger charge is -2.17. The molecule has 2 aromatic carbocycles. The van der Waals surface area contributed by atoms with E-state index in [1.807, 2.05) is 13.1 Å². The number of nitrogens with one attached hydrogen (secondary N) is 1. The molecule has 2 aromatic rings. The third kappa shape index (κ3) is 2.83. The van der Waals surface area contributed by atoms with Crippen LogP contribution >= 0.6 is 11.6 Å². The molecule has 2 rings (SSSR count). The van der Waals surface area contributed by atoms with Gasteiger partial charge in [-0.25, -0.2) is 0 Å². The molecule has 0 radical (unpaired) electrons. The van der Waals surface area contributed by atoms with Gasteiger partial charge in [0.1, 0.15) is 0 Å². The molecule has 19 heavy (non-hydrogen) atoms. The maximum absolute atomic E-state index is 6.44. The topological polar surface area (TPSA) is 12.0 Å². The molecule has 0 aliphatic carbocycles. The molecular formula is C17H20ClN. The van der Waals surface area contributed by atoms with Crippen molar-refractivity contribution < 1.29 is 0 Å². The Morgan fingerprint density at radius 1 is 1.00 bits per heavy atom. The Kier molecular flexibility index (Phi) is 4.28. The van der Waals surface area contributed by atoms with Crippen molar-refractivity contribution >= 4 is 11.6 Å². The van der Waals surface area contributed by atoms with E-state index in [0.29, 0.717) is 6.04 Å². The van der Waals surface area contributed by atoms with E-state index in [9.17, 15) is 0 Å².